The van der Waals surface area contributed by atoms with Crippen molar-refractivity contribution in [3.63, 3.8) is 0 Å². The molecule has 1 fully saturated rings. The lowest BCUT2D eigenvalue weighted by atomic mass is 9.97. The van der Waals surface area contributed by atoms with Crippen LogP contribution < -0.4 is 0 Å². The summed E-state index contributed by atoms with van der Waals surface area (Å²) in [6.45, 7) is 6.15. The largest absolute Gasteiger partial charge is 0.446 e. The Morgan fingerprint density at radius 3 is 1.61 bits per heavy atom. The average molecular weight is 676 g/mol. The second-order valence-corrected chi connectivity index (χ2v) is 14.8. The van der Waals surface area contributed by atoms with Crippen molar-refractivity contribution >= 4 is 17.9 Å². The first kappa shape index (κ1) is 43.4. The summed E-state index contributed by atoms with van der Waals surface area (Å²) in [6.07, 6.45) is 20.7. The number of aliphatic hydroxyl groups excluding tert-OH is 4. The van der Waals surface area contributed by atoms with Crippen LogP contribution in [-0.2, 0) is 9.47 Å². The van der Waals surface area contributed by atoms with Gasteiger partial charge in [0.15, 0.2) is 6.23 Å². The van der Waals surface area contributed by atoms with Crippen LogP contribution in [0, 0.1) is 0 Å². The molecule has 1 aliphatic heterocycles. The highest BCUT2D eigenvalue weighted by molar-refractivity contribution is 7.99. The van der Waals surface area contributed by atoms with Gasteiger partial charge in [-0.15, -0.1) is 0 Å². The van der Waals surface area contributed by atoms with Gasteiger partial charge >= 0.3 is 6.09 Å². The molecular weight excluding hydrogens is 602 g/mol. The standard InChI is InChI=1S/C37H73NO7S/c1-4-6-8-10-12-13-14-15-16-17-18-19-20-21-22-24-27-38(36-35(42)34(41)33(40)32(30-39)45-36)37(43)44-31(3)26-29-46-28-25-23-11-9-7-5-2/h31-36,39-42H,4-30H2,1-3H3/t31?,32-,33-,34+,35-,36?/m1/s1. The third-order valence-electron chi connectivity index (χ3n) is 9.27. The zero-order chi connectivity index (χ0) is 33.8. The first-order valence-electron chi connectivity index (χ1n) is 19.2. The molecule has 1 amide bonds. The number of carbonyl (C=O) groups excluding carboxylic acids is 1. The maximum absolute atomic E-state index is 13.3. The monoisotopic (exact) mass is 676 g/mol. The van der Waals surface area contributed by atoms with Crippen LogP contribution in [0.25, 0.3) is 0 Å². The van der Waals surface area contributed by atoms with Crippen LogP contribution in [0.5, 0.6) is 0 Å². The molecule has 274 valence electrons. The minimum Gasteiger partial charge on any atom is -0.446 e. The smallest absolute Gasteiger partial charge is 0.412 e. The molecule has 0 aromatic carbocycles. The first-order chi connectivity index (χ1) is 22.4. The number of nitrogens with zero attached hydrogens (tertiary/aromatic N) is 1. The molecule has 1 saturated heterocycles. The lowest BCUT2D eigenvalue weighted by molar-refractivity contribution is -0.259. The Kier molecular flexibility index (Phi) is 27.7. The number of aliphatic hydroxyl groups is 4. The SMILES string of the molecule is CCCCCCCCCCCCCCCCCCN(C(=O)OC(C)CCSCCCCCCCC)C1O[C@H](CO)[C@@H](O)[C@H](O)[C@H]1O. The zero-order valence-corrected chi connectivity index (χ0v) is 30.7. The van der Waals surface area contributed by atoms with Crippen LogP contribution >= 0.6 is 11.8 Å². The molecule has 9 heteroatoms. The number of unbranched alkanes of at least 4 members (excludes halogenated alkanes) is 20. The Morgan fingerprint density at radius 2 is 1.13 bits per heavy atom. The summed E-state index contributed by atoms with van der Waals surface area (Å²) in [5.74, 6) is 2.02. The van der Waals surface area contributed by atoms with E-state index in [1.807, 2.05) is 18.7 Å². The fourth-order valence-electron chi connectivity index (χ4n) is 6.13. The number of hydrogen-bond donors (Lipinski definition) is 4. The van der Waals surface area contributed by atoms with Crippen LogP contribution in [0.2, 0.25) is 0 Å². The van der Waals surface area contributed by atoms with E-state index in [0.29, 0.717) is 13.0 Å². The molecule has 6 atom stereocenters. The minimum absolute atomic E-state index is 0.303. The van der Waals surface area contributed by atoms with Gasteiger partial charge in [0.1, 0.15) is 30.5 Å². The van der Waals surface area contributed by atoms with Crippen molar-refractivity contribution < 1.29 is 34.7 Å². The van der Waals surface area contributed by atoms with E-state index >= 15 is 0 Å². The van der Waals surface area contributed by atoms with Crippen molar-refractivity contribution in [2.75, 3.05) is 24.7 Å². The molecule has 1 rings (SSSR count). The number of ether oxygens (including phenoxy) is 2. The van der Waals surface area contributed by atoms with E-state index in [2.05, 4.69) is 13.8 Å². The summed E-state index contributed by atoms with van der Waals surface area (Å²) >= 11 is 1.89. The topological polar surface area (TPSA) is 120 Å². The van der Waals surface area contributed by atoms with E-state index in [1.54, 1.807) is 0 Å². The number of carbonyl (C=O) groups is 1. The number of thioether (sulfide) groups is 1. The molecular formula is C37H73NO7S. The predicted molar refractivity (Wildman–Crippen MR) is 191 cm³/mol. The molecule has 2 unspecified atom stereocenters. The molecule has 0 aromatic heterocycles. The summed E-state index contributed by atoms with van der Waals surface area (Å²) < 4.78 is 11.5. The highest BCUT2D eigenvalue weighted by Gasteiger charge is 2.47. The normalized spacial score (nSPS) is 22.2. The molecule has 1 aliphatic rings. The number of amides is 1. The average Bonchev–Trinajstić information content (AvgIpc) is 3.05. The summed E-state index contributed by atoms with van der Waals surface area (Å²) in [5, 5.41) is 41.0. The lowest BCUT2D eigenvalue weighted by Gasteiger charge is -2.44. The van der Waals surface area contributed by atoms with Crippen molar-refractivity contribution in [3.8, 4) is 0 Å². The molecule has 0 saturated carbocycles. The molecule has 46 heavy (non-hydrogen) atoms. The van der Waals surface area contributed by atoms with E-state index in [-0.39, 0.29) is 6.10 Å². The Morgan fingerprint density at radius 1 is 0.674 bits per heavy atom. The molecule has 0 bridgehead atoms. The molecule has 0 aromatic rings. The molecule has 0 aliphatic carbocycles. The van der Waals surface area contributed by atoms with E-state index < -0.39 is 43.3 Å². The third kappa shape index (κ3) is 20.1. The predicted octanol–water partition coefficient (Wildman–Crippen LogP) is 8.36. The Bertz CT molecular complexity index is 701. The van der Waals surface area contributed by atoms with Crippen LogP contribution in [0.1, 0.15) is 168 Å². The van der Waals surface area contributed by atoms with Gasteiger partial charge in [-0.1, -0.05) is 142 Å². The van der Waals surface area contributed by atoms with Gasteiger partial charge in [0.25, 0.3) is 0 Å². The van der Waals surface area contributed by atoms with E-state index in [4.69, 9.17) is 9.47 Å². The second kappa shape index (κ2) is 29.3. The molecule has 0 spiro atoms. The number of hydrogen-bond acceptors (Lipinski definition) is 8. The zero-order valence-electron chi connectivity index (χ0n) is 29.9. The maximum Gasteiger partial charge on any atom is 0.412 e. The number of rotatable bonds is 30. The lowest BCUT2D eigenvalue weighted by Crippen LogP contribution is -2.64. The van der Waals surface area contributed by atoms with Crippen molar-refractivity contribution in [2.24, 2.45) is 0 Å². The van der Waals surface area contributed by atoms with Gasteiger partial charge in [-0.3, -0.25) is 4.90 Å². The Hall–Kier alpha value is -0.580. The summed E-state index contributed by atoms with van der Waals surface area (Å²) in [7, 11) is 0. The van der Waals surface area contributed by atoms with Crippen LogP contribution in [0.4, 0.5) is 4.79 Å². The highest BCUT2D eigenvalue weighted by atomic mass is 32.2. The Labute approximate surface area is 286 Å². The molecule has 1 heterocycles. The van der Waals surface area contributed by atoms with Gasteiger partial charge in [-0.05, 0) is 37.7 Å². The van der Waals surface area contributed by atoms with E-state index in [9.17, 15) is 25.2 Å². The van der Waals surface area contributed by atoms with E-state index in [1.165, 1.54) is 120 Å². The maximum atomic E-state index is 13.3. The molecule has 8 nitrogen and oxygen atoms in total. The van der Waals surface area contributed by atoms with Crippen molar-refractivity contribution in [2.45, 2.75) is 205 Å². The van der Waals surface area contributed by atoms with Gasteiger partial charge < -0.3 is 29.9 Å². The summed E-state index contributed by atoms with van der Waals surface area (Å²) in [4.78, 5) is 14.7. The molecule has 0 radical (unpaired) electrons. The Balaban J connectivity index is 2.39. The first-order valence-corrected chi connectivity index (χ1v) is 20.4. The minimum atomic E-state index is -1.53. The van der Waals surface area contributed by atoms with Gasteiger partial charge in [0.2, 0.25) is 0 Å². The van der Waals surface area contributed by atoms with Gasteiger partial charge in [-0.25, -0.2) is 4.79 Å². The van der Waals surface area contributed by atoms with E-state index in [0.717, 1.165) is 37.2 Å². The fourth-order valence-corrected chi connectivity index (χ4v) is 7.24. The van der Waals surface area contributed by atoms with Gasteiger partial charge in [-0.2, -0.15) is 11.8 Å². The van der Waals surface area contributed by atoms with Crippen molar-refractivity contribution in [1.82, 2.24) is 4.90 Å². The quantitative estimate of drug-likeness (QED) is 0.0561. The van der Waals surface area contributed by atoms with Gasteiger partial charge in [0.05, 0.1) is 6.61 Å². The van der Waals surface area contributed by atoms with Gasteiger partial charge in [0, 0.05) is 6.54 Å². The van der Waals surface area contributed by atoms with Crippen molar-refractivity contribution in [1.29, 1.82) is 0 Å². The molecule has 4 N–H and O–H groups in total. The van der Waals surface area contributed by atoms with Crippen LogP contribution in [0.15, 0.2) is 0 Å². The summed E-state index contributed by atoms with van der Waals surface area (Å²) in [6, 6.07) is 0. The second-order valence-electron chi connectivity index (χ2n) is 13.6. The third-order valence-corrected chi connectivity index (χ3v) is 10.4. The summed E-state index contributed by atoms with van der Waals surface area (Å²) in [5.41, 5.74) is 0. The van der Waals surface area contributed by atoms with Crippen molar-refractivity contribution in [3.05, 3.63) is 0 Å². The highest BCUT2D eigenvalue weighted by Crippen LogP contribution is 2.26. The van der Waals surface area contributed by atoms with Crippen LogP contribution in [-0.4, -0.2) is 92.8 Å². The van der Waals surface area contributed by atoms with Crippen LogP contribution in [0.3, 0.4) is 0 Å². The fraction of sp³-hybridized carbons (Fsp3) is 0.973.